The molecule has 2 aliphatic rings. The van der Waals surface area contributed by atoms with Crippen LogP contribution in [0, 0.1) is 0 Å². The van der Waals surface area contributed by atoms with Crippen molar-refractivity contribution in [2.24, 2.45) is 0 Å². The van der Waals surface area contributed by atoms with Crippen molar-refractivity contribution in [2.45, 2.75) is 89.5 Å². The number of aryl methyl sites for hydroxylation is 4. The molecule has 4 aromatic rings. The van der Waals surface area contributed by atoms with Gasteiger partial charge in [-0.3, -0.25) is 0 Å². The number of hydrogen-bond acceptors (Lipinski definition) is 8. The summed E-state index contributed by atoms with van der Waals surface area (Å²) in [6.45, 7) is 4.94. The lowest BCUT2D eigenvalue weighted by Gasteiger charge is -2.29. The minimum atomic E-state index is -1.05. The van der Waals surface area contributed by atoms with E-state index in [0.717, 1.165) is 74.0 Å². The first-order chi connectivity index (χ1) is 25.5. The summed E-state index contributed by atoms with van der Waals surface area (Å²) in [5.74, 6) is -0.636. The Bertz CT molecular complexity index is 1650. The quantitative estimate of drug-likeness (QED) is 0.0920. The van der Waals surface area contributed by atoms with Crippen molar-refractivity contribution in [3.8, 4) is 11.5 Å². The Morgan fingerprint density at radius 2 is 1.00 bits per heavy atom. The summed E-state index contributed by atoms with van der Waals surface area (Å²) in [5, 5.41) is 7.21. The monoisotopic (exact) mass is 704 g/mol. The molecule has 0 heterocycles. The van der Waals surface area contributed by atoms with Crippen LogP contribution >= 0.6 is 0 Å². The first-order valence-corrected chi connectivity index (χ1v) is 19.0. The van der Waals surface area contributed by atoms with Gasteiger partial charge in [-0.15, -0.1) is 0 Å². The van der Waals surface area contributed by atoms with E-state index in [2.05, 4.69) is 73.0 Å². The van der Waals surface area contributed by atoms with Crippen LogP contribution in [0.1, 0.15) is 85.0 Å². The Morgan fingerprint density at radius 3 is 1.44 bits per heavy atom. The molecule has 2 N–H and O–H groups in total. The van der Waals surface area contributed by atoms with Gasteiger partial charge in [0.25, 0.3) is 0 Å². The third-order valence-corrected chi connectivity index (χ3v) is 10.2. The molecule has 274 valence electrons. The summed E-state index contributed by atoms with van der Waals surface area (Å²) < 4.78 is 24.1. The van der Waals surface area contributed by atoms with E-state index in [9.17, 15) is 9.59 Å². The Morgan fingerprint density at radius 1 is 0.596 bits per heavy atom. The molecule has 4 aromatic carbocycles. The largest absolute Gasteiger partial charge is 0.489 e. The summed E-state index contributed by atoms with van der Waals surface area (Å²) in [7, 11) is 0. The topological polar surface area (TPSA) is 95.1 Å². The molecule has 0 aromatic heterocycles. The third kappa shape index (κ3) is 9.81. The fourth-order valence-electron chi connectivity index (χ4n) is 7.39. The lowest BCUT2D eigenvalue weighted by Crippen LogP contribution is -2.42. The molecule has 0 aliphatic heterocycles. The molecule has 0 radical (unpaired) electrons. The summed E-state index contributed by atoms with van der Waals surface area (Å²) >= 11 is 0. The van der Waals surface area contributed by atoms with Gasteiger partial charge in [0.1, 0.15) is 36.9 Å². The van der Waals surface area contributed by atoms with E-state index in [0.29, 0.717) is 13.1 Å². The van der Waals surface area contributed by atoms with E-state index < -0.39 is 24.1 Å². The van der Waals surface area contributed by atoms with Crippen molar-refractivity contribution in [3.05, 3.63) is 130 Å². The average molecular weight is 705 g/mol. The summed E-state index contributed by atoms with van der Waals surface area (Å²) in [4.78, 5) is 27.0. The van der Waals surface area contributed by atoms with Crippen LogP contribution in [0.2, 0.25) is 0 Å². The van der Waals surface area contributed by atoms with Gasteiger partial charge in [-0.05, 0) is 96.9 Å². The van der Waals surface area contributed by atoms with Gasteiger partial charge >= 0.3 is 11.9 Å². The van der Waals surface area contributed by atoms with Crippen LogP contribution in [0.4, 0.5) is 0 Å². The summed E-state index contributed by atoms with van der Waals surface area (Å²) in [5.41, 5.74) is 7.30. The molecule has 0 unspecified atom stereocenters. The highest BCUT2D eigenvalue weighted by atomic mass is 16.6. The van der Waals surface area contributed by atoms with Crippen molar-refractivity contribution in [3.63, 3.8) is 0 Å². The molecule has 0 spiro atoms. The van der Waals surface area contributed by atoms with Crippen LogP contribution in [-0.4, -0.2) is 50.4 Å². The van der Waals surface area contributed by atoms with Crippen LogP contribution in [0.15, 0.2) is 97.1 Å². The maximum atomic E-state index is 13.5. The van der Waals surface area contributed by atoms with Crippen LogP contribution in [0.5, 0.6) is 11.5 Å². The lowest BCUT2D eigenvalue weighted by molar-refractivity contribution is -0.175. The standard InChI is InChI=1S/C44H52N2O6/c1-3-31-15-7-11-25-41(31)49-29-35(27-45-39-23-13-19-33-17-5-9-21-37(33)39)51-43(47)44(48)52-36(30-50-42-26-12-8-16-32(42)4-2)28-46-40-24-14-20-34-18-6-10-22-38(34)40/h5-12,15-18,21-22,25-26,35-36,39-40,45-46H,3-4,13-14,19-20,23-24,27-30H2,1-2H3/t35-,36-,39-,40-/m0/s1. The fourth-order valence-corrected chi connectivity index (χ4v) is 7.39. The zero-order valence-corrected chi connectivity index (χ0v) is 30.5. The van der Waals surface area contributed by atoms with Crippen LogP contribution in [0.25, 0.3) is 0 Å². The average Bonchev–Trinajstić information content (AvgIpc) is 3.19. The molecule has 0 saturated heterocycles. The summed E-state index contributed by atoms with van der Waals surface area (Å²) in [6, 6.07) is 32.8. The Labute approximate surface area is 308 Å². The second-order valence-electron chi connectivity index (χ2n) is 13.7. The third-order valence-electron chi connectivity index (χ3n) is 10.2. The molecule has 0 amide bonds. The zero-order chi connectivity index (χ0) is 36.1. The van der Waals surface area contributed by atoms with Crippen LogP contribution in [-0.2, 0) is 44.7 Å². The van der Waals surface area contributed by atoms with Gasteiger partial charge in [0.15, 0.2) is 0 Å². The van der Waals surface area contributed by atoms with Gasteiger partial charge in [-0.25, -0.2) is 9.59 Å². The van der Waals surface area contributed by atoms with Crippen molar-refractivity contribution in [1.29, 1.82) is 0 Å². The smallest absolute Gasteiger partial charge is 0.417 e. The molecule has 6 rings (SSSR count). The molecular weight excluding hydrogens is 652 g/mol. The van der Waals surface area contributed by atoms with Gasteiger partial charge in [-0.1, -0.05) is 98.8 Å². The maximum absolute atomic E-state index is 13.5. The van der Waals surface area contributed by atoms with E-state index in [1.54, 1.807) is 0 Å². The van der Waals surface area contributed by atoms with Crippen LogP contribution in [0.3, 0.4) is 0 Å². The number of para-hydroxylation sites is 2. The highest BCUT2D eigenvalue weighted by Crippen LogP contribution is 2.31. The number of ether oxygens (including phenoxy) is 4. The fraction of sp³-hybridized carbons (Fsp3) is 0.409. The number of fused-ring (bicyclic) bond motifs is 2. The number of nitrogens with one attached hydrogen (secondary N) is 2. The molecule has 2 aliphatic carbocycles. The van der Waals surface area contributed by atoms with Crippen LogP contribution < -0.4 is 20.1 Å². The van der Waals surface area contributed by atoms with Crippen molar-refractivity contribution >= 4 is 11.9 Å². The highest BCUT2D eigenvalue weighted by molar-refractivity contribution is 6.29. The first kappa shape index (κ1) is 37.1. The number of hydrogen-bond donors (Lipinski definition) is 2. The molecule has 0 saturated carbocycles. The van der Waals surface area contributed by atoms with Crippen molar-refractivity contribution in [1.82, 2.24) is 10.6 Å². The SMILES string of the molecule is CCc1ccccc1OC[C@H](CN[C@H]1CCCc2ccccc21)OC(=O)C(=O)O[C@@H](CN[C@H]1CCCc2ccccc21)COc1ccccc1CC. The molecular formula is C44H52N2O6. The van der Waals surface area contributed by atoms with Crippen molar-refractivity contribution < 1.29 is 28.5 Å². The van der Waals surface area contributed by atoms with Gasteiger partial charge in [-0.2, -0.15) is 0 Å². The second-order valence-corrected chi connectivity index (χ2v) is 13.7. The normalized spacial score (nSPS) is 17.6. The van der Waals surface area contributed by atoms with Gasteiger partial charge in [0, 0.05) is 25.2 Å². The zero-order valence-electron chi connectivity index (χ0n) is 30.5. The van der Waals surface area contributed by atoms with Gasteiger partial charge in [0.2, 0.25) is 0 Å². The number of benzene rings is 4. The first-order valence-electron chi connectivity index (χ1n) is 19.0. The Balaban J connectivity index is 1.13. The van der Waals surface area contributed by atoms with E-state index in [1.807, 2.05) is 48.5 Å². The Hall–Kier alpha value is -4.66. The lowest BCUT2D eigenvalue weighted by atomic mass is 9.88. The summed E-state index contributed by atoms with van der Waals surface area (Å²) in [6.07, 6.45) is 6.31. The number of rotatable bonds is 16. The van der Waals surface area contributed by atoms with Gasteiger partial charge < -0.3 is 29.6 Å². The number of esters is 2. The van der Waals surface area contributed by atoms with Crippen molar-refractivity contribution in [2.75, 3.05) is 26.3 Å². The predicted octanol–water partition coefficient (Wildman–Crippen LogP) is 7.43. The van der Waals surface area contributed by atoms with E-state index >= 15 is 0 Å². The minimum absolute atomic E-state index is 0.0837. The minimum Gasteiger partial charge on any atom is -0.489 e. The van der Waals surface area contributed by atoms with Gasteiger partial charge in [0.05, 0.1) is 0 Å². The molecule has 4 atom stereocenters. The maximum Gasteiger partial charge on any atom is 0.417 e. The Kier molecular flexibility index (Phi) is 13.4. The molecule has 8 nitrogen and oxygen atoms in total. The number of carbonyl (C=O) groups excluding carboxylic acids is 2. The predicted molar refractivity (Wildman–Crippen MR) is 203 cm³/mol. The van der Waals surface area contributed by atoms with E-state index in [1.165, 1.54) is 22.3 Å². The number of carbonyl (C=O) groups is 2. The highest BCUT2D eigenvalue weighted by Gasteiger charge is 2.29. The second kappa shape index (κ2) is 18.7. The molecule has 0 fully saturated rings. The van der Waals surface area contributed by atoms with E-state index in [4.69, 9.17) is 18.9 Å². The molecule has 52 heavy (non-hydrogen) atoms. The molecule has 8 heteroatoms. The molecule has 0 bridgehead atoms. The van der Waals surface area contributed by atoms with E-state index in [-0.39, 0.29) is 25.3 Å².